The molecule has 0 N–H and O–H groups in total. The van der Waals surface area contributed by atoms with Crippen molar-refractivity contribution in [1.82, 2.24) is 24.7 Å². The van der Waals surface area contributed by atoms with Gasteiger partial charge in [-0.15, -0.1) is 0 Å². The highest BCUT2D eigenvalue weighted by Gasteiger charge is 2.43. The lowest BCUT2D eigenvalue weighted by atomic mass is 9.71. The van der Waals surface area contributed by atoms with Crippen LogP contribution < -0.4 is 9.80 Å². The van der Waals surface area contributed by atoms with E-state index in [2.05, 4.69) is 62.9 Å². The van der Waals surface area contributed by atoms with Gasteiger partial charge in [0, 0.05) is 87.5 Å². The van der Waals surface area contributed by atoms with Gasteiger partial charge in [-0.3, -0.25) is 19.3 Å². The minimum atomic E-state index is -1.31. The van der Waals surface area contributed by atoms with E-state index >= 15 is 4.39 Å². The molecule has 2 aliphatic carbocycles. The number of anilines is 2. The monoisotopic (exact) mass is 827 g/mol. The van der Waals surface area contributed by atoms with Crippen LogP contribution in [0.2, 0.25) is 0 Å². The highest BCUT2D eigenvalue weighted by molar-refractivity contribution is 6.07. The molecule has 11 heteroatoms. The molecule has 1 amide bonds. The Hall–Kier alpha value is -4.48. The molecule has 0 bridgehead atoms. The van der Waals surface area contributed by atoms with E-state index in [0.29, 0.717) is 42.8 Å². The Morgan fingerprint density at radius 2 is 1.54 bits per heavy atom. The summed E-state index contributed by atoms with van der Waals surface area (Å²) < 4.78 is 15.3. The average molecular weight is 828 g/mol. The molecule has 2 aromatic carbocycles. The van der Waals surface area contributed by atoms with E-state index in [1.54, 1.807) is 18.7 Å². The number of Topliss-reactive ketones (excluding diaryl/α,β-unsaturated/α-hetero) is 2. The van der Waals surface area contributed by atoms with E-state index in [4.69, 9.17) is 9.97 Å². The van der Waals surface area contributed by atoms with Gasteiger partial charge in [0.25, 0.3) is 5.91 Å². The Morgan fingerprint density at radius 1 is 0.820 bits per heavy atom. The van der Waals surface area contributed by atoms with Crippen LogP contribution in [0.25, 0.3) is 5.57 Å². The number of nitrogens with zero attached hydrogens (tertiary/aromatic N) is 7. The van der Waals surface area contributed by atoms with Gasteiger partial charge in [-0.05, 0) is 149 Å². The van der Waals surface area contributed by atoms with Crippen molar-refractivity contribution in [2.24, 2.45) is 11.3 Å². The molecule has 1 unspecified atom stereocenters. The zero-order chi connectivity index (χ0) is 42.0. The lowest BCUT2D eigenvalue weighted by molar-refractivity contribution is -0.133. The maximum absolute atomic E-state index is 15.3. The van der Waals surface area contributed by atoms with Crippen LogP contribution in [0, 0.1) is 11.3 Å². The molecule has 322 valence electrons. The van der Waals surface area contributed by atoms with E-state index < -0.39 is 11.7 Å². The van der Waals surface area contributed by atoms with Crippen LogP contribution in [0.5, 0.6) is 0 Å². The quantitative estimate of drug-likeness (QED) is 0.213. The summed E-state index contributed by atoms with van der Waals surface area (Å²) in [5.74, 6) is 1.30. The molecule has 3 aromatic rings. The van der Waals surface area contributed by atoms with Crippen LogP contribution in [0.4, 0.5) is 16.0 Å². The van der Waals surface area contributed by atoms with Crippen molar-refractivity contribution in [1.29, 1.82) is 0 Å². The van der Waals surface area contributed by atoms with Crippen molar-refractivity contribution in [3.63, 3.8) is 0 Å². The molecule has 1 spiro atoms. The van der Waals surface area contributed by atoms with Gasteiger partial charge in [-0.2, -0.15) is 0 Å². The number of carbonyl (C=O) groups excluding carboxylic acids is 3. The van der Waals surface area contributed by atoms with Crippen LogP contribution in [0.15, 0.2) is 60.4 Å². The number of carbonyl (C=O) groups is 3. The Labute approximate surface area is 360 Å². The molecule has 61 heavy (non-hydrogen) atoms. The summed E-state index contributed by atoms with van der Waals surface area (Å²) in [5.41, 5.74) is 8.57. The molecule has 3 saturated heterocycles. The Balaban J connectivity index is 0.705. The summed E-state index contributed by atoms with van der Waals surface area (Å²) in [5, 5.41) is 0. The fraction of sp³-hybridized carbons (Fsp3) is 0.580. The number of alkyl halides is 1. The highest BCUT2D eigenvalue weighted by atomic mass is 19.1. The summed E-state index contributed by atoms with van der Waals surface area (Å²) in [6.07, 6.45) is 13.9. The number of hydrogen-bond acceptors (Lipinski definition) is 9. The summed E-state index contributed by atoms with van der Waals surface area (Å²) in [6, 6.07) is 14.6. The van der Waals surface area contributed by atoms with Crippen LogP contribution in [-0.4, -0.2) is 112 Å². The Morgan fingerprint density at radius 3 is 2.26 bits per heavy atom. The standard InChI is InChI=1S/C50H62FN7O3/c1-33-24-42-40-7-5-4-6-35(40)26-43(42)46(58(33)32-49(2,3)51)37-28-52-48(53-29-37)56-22-16-50(17-23-56)14-20-54(21-15-50)30-34-12-18-55(19-13-34)38-8-10-41-36(25-38)31-57(47(41)61)44-11-9-39(59)27-45(44)60/h4-8,10,25,28-29,33-34,44,46H,9,11-24,26-27,30-32H2,1-3H3/t33-,44?,46-/m1/s1. The van der Waals surface area contributed by atoms with Crippen LogP contribution in [0.1, 0.15) is 124 Å². The number of fused-ring (bicyclic) bond motifs is 3. The van der Waals surface area contributed by atoms with Gasteiger partial charge in [0.05, 0.1) is 18.5 Å². The van der Waals surface area contributed by atoms with Crippen molar-refractivity contribution in [2.75, 3.05) is 62.2 Å². The molecule has 7 aliphatic rings. The maximum atomic E-state index is 15.3. The number of halogens is 1. The number of rotatable bonds is 8. The summed E-state index contributed by atoms with van der Waals surface area (Å²) in [7, 11) is 0. The topological polar surface area (TPSA) is 93.2 Å². The van der Waals surface area contributed by atoms with Crippen molar-refractivity contribution in [3.05, 3.63) is 88.2 Å². The zero-order valence-corrected chi connectivity index (χ0v) is 36.4. The summed E-state index contributed by atoms with van der Waals surface area (Å²) in [6.45, 7) is 14.0. The molecule has 4 fully saturated rings. The Bertz CT molecular complexity index is 2210. The first-order valence-corrected chi connectivity index (χ1v) is 23.2. The SMILES string of the molecule is C[C@@H]1CC2=C(Cc3ccccc32)[C@@H](c2cnc(N3CCC4(CCN(CC5CCN(c6ccc7c(c6)CN(C6CCC(=O)CC6=O)C7=O)CC5)CC4)CC3)nc2)N1CC(C)(C)F. The molecular formula is C50H62FN7O3. The van der Waals surface area contributed by atoms with Crippen LogP contribution in [0.3, 0.4) is 0 Å². The minimum absolute atomic E-state index is 0.0158. The predicted octanol–water partition coefficient (Wildman–Crippen LogP) is 7.62. The van der Waals surface area contributed by atoms with Gasteiger partial charge in [0.2, 0.25) is 5.95 Å². The number of likely N-dealkylation sites (tertiary alicyclic amines) is 1. The largest absolute Gasteiger partial charge is 0.372 e. The number of amides is 1. The van der Waals surface area contributed by atoms with Gasteiger partial charge in [0.1, 0.15) is 11.5 Å². The van der Waals surface area contributed by atoms with Crippen LogP contribution >= 0.6 is 0 Å². The summed E-state index contributed by atoms with van der Waals surface area (Å²) in [4.78, 5) is 59.2. The fourth-order valence-electron chi connectivity index (χ4n) is 12.1. The normalized spacial score (nSPS) is 26.3. The molecule has 10 nitrogen and oxygen atoms in total. The van der Waals surface area contributed by atoms with E-state index in [1.807, 2.05) is 18.5 Å². The predicted molar refractivity (Wildman–Crippen MR) is 236 cm³/mol. The minimum Gasteiger partial charge on any atom is -0.372 e. The molecular weight excluding hydrogens is 766 g/mol. The second-order valence-corrected chi connectivity index (χ2v) is 20.2. The molecule has 6 heterocycles. The lowest BCUT2D eigenvalue weighted by Gasteiger charge is -2.47. The molecule has 10 rings (SSSR count). The molecule has 0 radical (unpaired) electrons. The smallest absolute Gasteiger partial charge is 0.255 e. The van der Waals surface area contributed by atoms with Crippen LogP contribution in [-0.2, 0) is 22.6 Å². The third-order valence-electron chi connectivity index (χ3n) is 15.6. The van der Waals surface area contributed by atoms with E-state index in [1.165, 1.54) is 86.1 Å². The molecule has 1 aromatic heterocycles. The average Bonchev–Trinajstić information content (AvgIpc) is 3.78. The first-order valence-electron chi connectivity index (χ1n) is 23.2. The number of piperidine rings is 3. The first-order chi connectivity index (χ1) is 29.4. The molecule has 5 aliphatic heterocycles. The van der Waals surface area contributed by atoms with Gasteiger partial charge in [-0.25, -0.2) is 14.4 Å². The highest BCUT2D eigenvalue weighted by Crippen LogP contribution is 2.49. The zero-order valence-electron chi connectivity index (χ0n) is 36.4. The number of benzene rings is 2. The summed E-state index contributed by atoms with van der Waals surface area (Å²) >= 11 is 0. The third-order valence-corrected chi connectivity index (χ3v) is 15.6. The second kappa shape index (κ2) is 16.0. The molecule has 3 atom stereocenters. The number of ketones is 2. The van der Waals surface area contributed by atoms with Crippen molar-refractivity contribution in [2.45, 2.75) is 122 Å². The van der Waals surface area contributed by atoms with Crippen molar-refractivity contribution >= 4 is 34.7 Å². The number of hydrogen-bond donors (Lipinski definition) is 0. The first kappa shape index (κ1) is 40.6. The van der Waals surface area contributed by atoms with Gasteiger partial charge < -0.3 is 19.6 Å². The fourth-order valence-corrected chi connectivity index (χ4v) is 12.1. The van der Waals surface area contributed by atoms with E-state index in [9.17, 15) is 14.4 Å². The van der Waals surface area contributed by atoms with Crippen molar-refractivity contribution < 1.29 is 18.8 Å². The number of aromatic nitrogens is 2. The second-order valence-electron chi connectivity index (χ2n) is 20.2. The molecule has 1 saturated carbocycles. The van der Waals surface area contributed by atoms with Gasteiger partial charge >= 0.3 is 0 Å². The van der Waals surface area contributed by atoms with Gasteiger partial charge in [-0.1, -0.05) is 24.3 Å². The lowest BCUT2D eigenvalue weighted by Crippen LogP contribution is -2.48. The maximum Gasteiger partial charge on any atom is 0.255 e. The van der Waals surface area contributed by atoms with Gasteiger partial charge in [0.15, 0.2) is 5.78 Å². The van der Waals surface area contributed by atoms with Crippen molar-refractivity contribution in [3.8, 4) is 0 Å². The Kier molecular flexibility index (Phi) is 10.7. The van der Waals surface area contributed by atoms with E-state index in [-0.39, 0.29) is 36.0 Å². The van der Waals surface area contributed by atoms with E-state index in [0.717, 1.165) is 56.1 Å². The third kappa shape index (κ3) is 7.94.